The second-order valence-electron chi connectivity index (χ2n) is 5.82. The Morgan fingerprint density at radius 3 is 2.86 bits per heavy atom. The molecule has 8 heteroatoms. The standard InChI is InChI=1S/C14H20N6O2/c1-4-5-6-7-19-12(21)10-11(18(3)14(19)22)15-13-17-16-9(2)8-20(10)13/h10H,4-8H2,1-3H3/p+1. The van der Waals surface area contributed by atoms with Crippen molar-refractivity contribution in [2.75, 3.05) is 20.1 Å². The Morgan fingerprint density at radius 1 is 1.36 bits per heavy atom. The number of carbonyl (C=O) groups excluding carboxylic acids is 2. The fraction of sp³-hybridized carbons (Fsp3) is 0.643. The van der Waals surface area contributed by atoms with Gasteiger partial charge in [0.1, 0.15) is 6.54 Å². The summed E-state index contributed by atoms with van der Waals surface area (Å²) in [5.41, 5.74) is 3.72. The monoisotopic (exact) mass is 305 g/mol. The first-order valence-corrected chi connectivity index (χ1v) is 7.65. The van der Waals surface area contributed by atoms with Crippen molar-refractivity contribution < 1.29 is 14.2 Å². The van der Waals surface area contributed by atoms with Crippen molar-refractivity contribution in [3.05, 3.63) is 0 Å². The molecule has 1 unspecified atom stereocenters. The predicted molar refractivity (Wildman–Crippen MR) is 82.0 cm³/mol. The Labute approximate surface area is 129 Å². The number of amidine groups is 1. The van der Waals surface area contributed by atoms with Crippen LogP contribution in [0.5, 0.6) is 0 Å². The van der Waals surface area contributed by atoms with Crippen molar-refractivity contribution in [3.8, 4) is 0 Å². The lowest BCUT2D eigenvalue weighted by molar-refractivity contribution is -0.524. The third-order valence-corrected chi connectivity index (χ3v) is 4.14. The minimum atomic E-state index is -0.530. The lowest BCUT2D eigenvalue weighted by atomic mass is 10.1. The van der Waals surface area contributed by atoms with Crippen LogP contribution in [0.1, 0.15) is 33.1 Å². The number of likely N-dealkylation sites (N-methyl/N-ethyl adjacent to an activating group) is 1. The van der Waals surface area contributed by atoms with Gasteiger partial charge in [0.05, 0.1) is 5.71 Å². The number of unbranched alkanes of at least 4 members (excludes halogenated alkanes) is 2. The molecule has 1 atom stereocenters. The lowest BCUT2D eigenvalue weighted by Crippen LogP contribution is -2.63. The number of urea groups is 1. The van der Waals surface area contributed by atoms with E-state index in [4.69, 9.17) is 0 Å². The molecule has 1 N–H and O–H groups in total. The number of rotatable bonds is 4. The SMILES string of the molecule is CCCCCN1C(=O)C2C(=NC3=[N+]2CC(C)=NN3)N(C)C1=O. The van der Waals surface area contributed by atoms with E-state index in [0.717, 1.165) is 25.0 Å². The van der Waals surface area contributed by atoms with E-state index in [1.165, 1.54) is 9.80 Å². The number of hydrazone groups is 1. The zero-order valence-corrected chi connectivity index (χ0v) is 13.2. The maximum atomic E-state index is 12.8. The fourth-order valence-corrected chi connectivity index (χ4v) is 2.93. The number of nitrogens with zero attached hydrogens (tertiary/aromatic N) is 5. The van der Waals surface area contributed by atoms with Crippen molar-refractivity contribution >= 4 is 29.4 Å². The van der Waals surface area contributed by atoms with E-state index in [0.29, 0.717) is 24.9 Å². The minimum Gasteiger partial charge on any atom is -0.270 e. The summed E-state index contributed by atoms with van der Waals surface area (Å²) in [6, 6.07) is -0.827. The average Bonchev–Trinajstić information content (AvgIpc) is 2.87. The van der Waals surface area contributed by atoms with Crippen LogP contribution in [0.2, 0.25) is 0 Å². The molecule has 0 saturated carbocycles. The Hall–Kier alpha value is -2.25. The van der Waals surface area contributed by atoms with Crippen LogP contribution < -0.4 is 5.43 Å². The highest BCUT2D eigenvalue weighted by molar-refractivity contribution is 6.23. The van der Waals surface area contributed by atoms with Gasteiger partial charge in [-0.25, -0.2) is 9.37 Å². The third-order valence-electron chi connectivity index (χ3n) is 4.14. The first-order chi connectivity index (χ1) is 10.5. The normalized spacial score (nSPS) is 24.0. The molecule has 0 aromatic carbocycles. The van der Waals surface area contributed by atoms with Crippen molar-refractivity contribution in [2.24, 2.45) is 10.1 Å². The molecule has 22 heavy (non-hydrogen) atoms. The molecular weight excluding hydrogens is 284 g/mol. The molecule has 0 aliphatic carbocycles. The summed E-state index contributed by atoms with van der Waals surface area (Å²) < 4.78 is 1.87. The predicted octanol–water partition coefficient (Wildman–Crippen LogP) is 0.199. The van der Waals surface area contributed by atoms with Gasteiger partial charge in [-0.15, -0.1) is 5.10 Å². The number of fused-ring (bicyclic) bond motifs is 2. The highest BCUT2D eigenvalue weighted by Gasteiger charge is 2.52. The molecule has 1 fully saturated rings. The molecule has 1 saturated heterocycles. The molecule has 0 radical (unpaired) electrons. The lowest BCUT2D eigenvalue weighted by Gasteiger charge is -2.34. The number of imide groups is 1. The van der Waals surface area contributed by atoms with Gasteiger partial charge in [0, 0.05) is 13.6 Å². The Morgan fingerprint density at radius 2 is 2.14 bits per heavy atom. The average molecular weight is 305 g/mol. The van der Waals surface area contributed by atoms with E-state index in [-0.39, 0.29) is 11.9 Å². The molecule has 118 valence electrons. The van der Waals surface area contributed by atoms with E-state index in [9.17, 15) is 9.59 Å². The highest BCUT2D eigenvalue weighted by atomic mass is 16.2. The highest BCUT2D eigenvalue weighted by Crippen LogP contribution is 2.20. The van der Waals surface area contributed by atoms with Gasteiger partial charge >= 0.3 is 12.0 Å². The topological polar surface area (TPSA) is 80.4 Å². The number of hydrogen-bond acceptors (Lipinski definition) is 5. The summed E-state index contributed by atoms with van der Waals surface area (Å²) in [6.45, 7) is 4.99. The number of carbonyl (C=O) groups is 2. The maximum Gasteiger partial charge on any atom is 0.414 e. The summed E-state index contributed by atoms with van der Waals surface area (Å²) in [5.74, 6) is 0.826. The summed E-state index contributed by atoms with van der Waals surface area (Å²) in [6.07, 6.45) is 2.88. The number of nitrogens with one attached hydrogen (secondary N) is 1. The molecule has 3 rings (SSSR count). The van der Waals surface area contributed by atoms with Crippen LogP contribution >= 0.6 is 0 Å². The molecule has 3 heterocycles. The number of aliphatic imine (C=N–C) groups is 1. The minimum absolute atomic E-state index is 0.190. The van der Waals surface area contributed by atoms with E-state index in [2.05, 4.69) is 22.4 Å². The molecule has 3 amide bonds. The van der Waals surface area contributed by atoms with Crippen LogP contribution in [-0.2, 0) is 4.79 Å². The molecule has 8 nitrogen and oxygen atoms in total. The van der Waals surface area contributed by atoms with Gasteiger partial charge in [-0.2, -0.15) is 5.43 Å². The third kappa shape index (κ3) is 2.18. The Balaban J connectivity index is 1.86. The first kappa shape index (κ1) is 14.7. The van der Waals surface area contributed by atoms with Crippen LogP contribution in [-0.4, -0.2) is 70.0 Å². The summed E-state index contributed by atoms with van der Waals surface area (Å²) in [4.78, 5) is 32.4. The van der Waals surface area contributed by atoms with Gasteiger partial charge in [-0.1, -0.05) is 24.8 Å². The first-order valence-electron chi connectivity index (χ1n) is 7.65. The van der Waals surface area contributed by atoms with Crippen molar-refractivity contribution in [1.29, 1.82) is 0 Å². The Kier molecular flexibility index (Phi) is 3.67. The molecule has 0 spiro atoms. The van der Waals surface area contributed by atoms with Crippen LogP contribution in [0.3, 0.4) is 0 Å². The molecule has 0 bridgehead atoms. The van der Waals surface area contributed by atoms with Crippen LogP contribution in [0, 0.1) is 0 Å². The Bertz CT molecular complexity index is 621. The van der Waals surface area contributed by atoms with Gasteiger partial charge in [-0.3, -0.25) is 14.6 Å². The number of guanidine groups is 1. The number of amides is 3. The second kappa shape index (κ2) is 5.51. The maximum absolute atomic E-state index is 12.8. The smallest absolute Gasteiger partial charge is 0.270 e. The molecular formula is C14H21N6O2+. The van der Waals surface area contributed by atoms with E-state index in [1.54, 1.807) is 7.05 Å². The number of hydrogen-bond donors (Lipinski definition) is 1. The van der Waals surface area contributed by atoms with Gasteiger partial charge in [-0.05, 0) is 13.3 Å². The molecule has 0 aromatic heterocycles. The zero-order chi connectivity index (χ0) is 15.9. The van der Waals surface area contributed by atoms with Gasteiger partial charge in [0.25, 0.3) is 5.91 Å². The largest absolute Gasteiger partial charge is 0.414 e. The van der Waals surface area contributed by atoms with E-state index < -0.39 is 6.04 Å². The van der Waals surface area contributed by atoms with E-state index >= 15 is 0 Å². The molecule has 3 aliphatic heterocycles. The van der Waals surface area contributed by atoms with Crippen LogP contribution in [0.4, 0.5) is 4.79 Å². The molecule has 3 aliphatic rings. The van der Waals surface area contributed by atoms with Crippen LogP contribution in [0.15, 0.2) is 10.1 Å². The van der Waals surface area contributed by atoms with Gasteiger partial charge in [0.15, 0.2) is 0 Å². The van der Waals surface area contributed by atoms with E-state index in [1.807, 2.05) is 11.5 Å². The van der Waals surface area contributed by atoms with Crippen molar-refractivity contribution in [3.63, 3.8) is 0 Å². The fourth-order valence-electron chi connectivity index (χ4n) is 2.93. The van der Waals surface area contributed by atoms with Crippen molar-refractivity contribution in [2.45, 2.75) is 39.2 Å². The van der Waals surface area contributed by atoms with Gasteiger partial charge in [0.2, 0.25) is 11.9 Å². The molecule has 0 aromatic rings. The summed E-state index contributed by atoms with van der Waals surface area (Å²) >= 11 is 0. The zero-order valence-electron chi connectivity index (χ0n) is 13.2. The quantitative estimate of drug-likeness (QED) is 0.595. The van der Waals surface area contributed by atoms with Gasteiger partial charge < -0.3 is 0 Å². The summed E-state index contributed by atoms with van der Waals surface area (Å²) in [7, 11) is 1.67. The van der Waals surface area contributed by atoms with Crippen LogP contribution in [0.25, 0.3) is 0 Å². The second-order valence-corrected chi connectivity index (χ2v) is 5.82. The summed E-state index contributed by atoms with van der Waals surface area (Å²) in [5, 5.41) is 4.13. The van der Waals surface area contributed by atoms with Crippen molar-refractivity contribution in [1.82, 2.24) is 15.2 Å².